The number of guanidine groups is 1. The zero-order chi connectivity index (χ0) is 16.7. The third-order valence-electron chi connectivity index (χ3n) is 3.55. The summed E-state index contributed by atoms with van der Waals surface area (Å²) in [5.41, 5.74) is 1.05. The number of nitrogens with zero attached hydrogens (tertiary/aromatic N) is 1. The molecule has 0 amide bonds. The van der Waals surface area contributed by atoms with Gasteiger partial charge in [0.2, 0.25) is 0 Å². The van der Waals surface area contributed by atoms with Gasteiger partial charge in [0.25, 0.3) is 0 Å². The number of hydrogen-bond donors (Lipinski definition) is 2. The van der Waals surface area contributed by atoms with Crippen LogP contribution >= 0.6 is 24.0 Å². The SMILES string of the molecule is CCNC(=NCc1cccc(OCC)c1)NC1CCS(=O)(=O)C1.I. The number of aliphatic imine (C=N–C) groups is 1. The van der Waals surface area contributed by atoms with E-state index in [-0.39, 0.29) is 41.5 Å². The summed E-state index contributed by atoms with van der Waals surface area (Å²) in [6.45, 7) is 5.80. The van der Waals surface area contributed by atoms with Crippen LogP contribution in [0.5, 0.6) is 5.75 Å². The van der Waals surface area contributed by atoms with Crippen LogP contribution in [0.25, 0.3) is 0 Å². The van der Waals surface area contributed by atoms with Crippen LogP contribution in [0.3, 0.4) is 0 Å². The van der Waals surface area contributed by atoms with Crippen LogP contribution in [-0.2, 0) is 16.4 Å². The summed E-state index contributed by atoms with van der Waals surface area (Å²) >= 11 is 0. The molecule has 0 saturated carbocycles. The molecule has 1 atom stereocenters. The third-order valence-corrected chi connectivity index (χ3v) is 5.31. The Kier molecular flexibility index (Phi) is 8.82. The predicted octanol–water partition coefficient (Wildman–Crippen LogP) is 1.95. The minimum atomic E-state index is -2.90. The maximum atomic E-state index is 11.5. The standard InChI is InChI=1S/C16H25N3O3S.HI/c1-3-17-16(19-14-8-9-23(20,21)12-14)18-11-13-6-5-7-15(10-13)22-4-2;/h5-7,10,14H,3-4,8-9,11-12H2,1-2H3,(H2,17,18,19);1H. The maximum Gasteiger partial charge on any atom is 0.191 e. The lowest BCUT2D eigenvalue weighted by Crippen LogP contribution is -2.44. The molecule has 6 nitrogen and oxygen atoms in total. The fraction of sp³-hybridized carbons (Fsp3) is 0.562. The van der Waals surface area contributed by atoms with Crippen molar-refractivity contribution in [1.82, 2.24) is 10.6 Å². The van der Waals surface area contributed by atoms with Gasteiger partial charge in [0.1, 0.15) is 5.75 Å². The molecule has 8 heteroatoms. The van der Waals surface area contributed by atoms with E-state index in [9.17, 15) is 8.42 Å². The van der Waals surface area contributed by atoms with E-state index in [1.54, 1.807) is 0 Å². The molecule has 1 unspecified atom stereocenters. The van der Waals surface area contributed by atoms with E-state index in [1.807, 2.05) is 38.1 Å². The first-order valence-corrected chi connectivity index (χ1v) is 9.81. The number of hydrogen-bond acceptors (Lipinski definition) is 4. The molecule has 1 saturated heterocycles. The fourth-order valence-electron chi connectivity index (χ4n) is 2.49. The van der Waals surface area contributed by atoms with Crippen molar-refractivity contribution >= 4 is 39.8 Å². The van der Waals surface area contributed by atoms with Crippen molar-refractivity contribution in [2.24, 2.45) is 4.99 Å². The zero-order valence-corrected chi connectivity index (χ0v) is 17.3. The van der Waals surface area contributed by atoms with Crippen LogP contribution in [-0.4, -0.2) is 45.1 Å². The Hall–Kier alpha value is -1.03. The summed E-state index contributed by atoms with van der Waals surface area (Å²) < 4.78 is 28.6. The average molecular weight is 467 g/mol. The van der Waals surface area contributed by atoms with Gasteiger partial charge in [-0.15, -0.1) is 24.0 Å². The van der Waals surface area contributed by atoms with Gasteiger partial charge >= 0.3 is 0 Å². The van der Waals surface area contributed by atoms with Crippen molar-refractivity contribution in [2.75, 3.05) is 24.7 Å². The quantitative estimate of drug-likeness (QED) is 0.380. The number of ether oxygens (including phenoxy) is 1. The van der Waals surface area contributed by atoms with Crippen molar-refractivity contribution in [2.45, 2.75) is 32.9 Å². The summed E-state index contributed by atoms with van der Waals surface area (Å²) in [5.74, 6) is 1.91. The molecule has 1 aliphatic rings. The summed E-state index contributed by atoms with van der Waals surface area (Å²) in [6, 6.07) is 7.77. The van der Waals surface area contributed by atoms with E-state index in [4.69, 9.17) is 4.74 Å². The Morgan fingerprint density at radius 1 is 1.38 bits per heavy atom. The number of nitrogens with one attached hydrogen (secondary N) is 2. The van der Waals surface area contributed by atoms with Crippen LogP contribution in [0.4, 0.5) is 0 Å². The number of rotatable bonds is 6. The van der Waals surface area contributed by atoms with Gasteiger partial charge in [-0.2, -0.15) is 0 Å². The van der Waals surface area contributed by atoms with Crippen molar-refractivity contribution in [3.63, 3.8) is 0 Å². The van der Waals surface area contributed by atoms with Gasteiger partial charge in [-0.3, -0.25) is 0 Å². The minimum Gasteiger partial charge on any atom is -0.494 e. The van der Waals surface area contributed by atoms with Crippen molar-refractivity contribution in [3.8, 4) is 5.75 Å². The smallest absolute Gasteiger partial charge is 0.191 e. The Labute approximate surface area is 161 Å². The van der Waals surface area contributed by atoms with Gasteiger partial charge < -0.3 is 15.4 Å². The lowest BCUT2D eigenvalue weighted by Gasteiger charge is -2.15. The van der Waals surface area contributed by atoms with Gasteiger partial charge in [0.05, 0.1) is 24.7 Å². The number of halogens is 1. The van der Waals surface area contributed by atoms with Crippen LogP contribution in [0, 0.1) is 0 Å². The van der Waals surface area contributed by atoms with E-state index in [1.165, 1.54) is 0 Å². The van der Waals surface area contributed by atoms with Gasteiger partial charge in [-0.05, 0) is 38.0 Å². The van der Waals surface area contributed by atoms with Gasteiger partial charge in [-0.25, -0.2) is 13.4 Å². The number of benzene rings is 1. The first-order chi connectivity index (χ1) is 11.0. The Morgan fingerprint density at radius 3 is 2.79 bits per heavy atom. The second-order valence-electron chi connectivity index (χ2n) is 5.52. The van der Waals surface area contributed by atoms with Crippen LogP contribution < -0.4 is 15.4 Å². The first-order valence-electron chi connectivity index (χ1n) is 7.99. The molecule has 0 aromatic heterocycles. The summed E-state index contributed by atoms with van der Waals surface area (Å²) in [7, 11) is -2.90. The first kappa shape index (κ1) is 21.0. The number of sulfone groups is 1. The van der Waals surface area contributed by atoms with Crippen molar-refractivity contribution in [1.29, 1.82) is 0 Å². The van der Waals surface area contributed by atoms with E-state index in [2.05, 4.69) is 15.6 Å². The summed E-state index contributed by atoms with van der Waals surface area (Å²) in [4.78, 5) is 4.54. The highest BCUT2D eigenvalue weighted by molar-refractivity contribution is 14.0. The fourth-order valence-corrected chi connectivity index (χ4v) is 4.17. The van der Waals surface area contributed by atoms with Crippen molar-refractivity contribution in [3.05, 3.63) is 29.8 Å². The molecule has 136 valence electrons. The molecule has 2 rings (SSSR count). The third kappa shape index (κ3) is 6.84. The zero-order valence-electron chi connectivity index (χ0n) is 14.1. The second-order valence-corrected chi connectivity index (χ2v) is 7.75. The molecule has 1 aromatic rings. The van der Waals surface area contributed by atoms with E-state index in [0.29, 0.717) is 25.5 Å². The summed E-state index contributed by atoms with van der Waals surface area (Å²) in [6.07, 6.45) is 0.632. The highest BCUT2D eigenvalue weighted by Gasteiger charge is 2.28. The molecule has 1 heterocycles. The molecule has 0 radical (unpaired) electrons. The topological polar surface area (TPSA) is 79.8 Å². The average Bonchev–Trinajstić information content (AvgIpc) is 2.85. The molecule has 24 heavy (non-hydrogen) atoms. The molecular weight excluding hydrogens is 441 g/mol. The van der Waals surface area contributed by atoms with E-state index < -0.39 is 9.84 Å². The molecule has 0 spiro atoms. The molecule has 1 aromatic carbocycles. The van der Waals surface area contributed by atoms with E-state index >= 15 is 0 Å². The molecular formula is C16H26IN3O3S. The van der Waals surface area contributed by atoms with Crippen molar-refractivity contribution < 1.29 is 13.2 Å². The lowest BCUT2D eigenvalue weighted by atomic mass is 10.2. The predicted molar refractivity (Wildman–Crippen MR) is 108 cm³/mol. The van der Waals surface area contributed by atoms with Crippen LogP contribution in [0.1, 0.15) is 25.8 Å². The monoisotopic (exact) mass is 467 g/mol. The second kappa shape index (κ2) is 10.1. The highest BCUT2D eigenvalue weighted by Crippen LogP contribution is 2.14. The minimum absolute atomic E-state index is 0. The maximum absolute atomic E-state index is 11.5. The Morgan fingerprint density at radius 2 is 2.17 bits per heavy atom. The molecule has 1 aliphatic heterocycles. The molecule has 0 aliphatic carbocycles. The highest BCUT2D eigenvalue weighted by atomic mass is 127. The normalized spacial score (nSPS) is 19.4. The van der Waals surface area contributed by atoms with Crippen LogP contribution in [0.2, 0.25) is 0 Å². The summed E-state index contributed by atoms with van der Waals surface area (Å²) in [5, 5.41) is 6.37. The lowest BCUT2D eigenvalue weighted by molar-refractivity contribution is 0.340. The van der Waals surface area contributed by atoms with Gasteiger partial charge in [-0.1, -0.05) is 12.1 Å². The van der Waals surface area contributed by atoms with Crippen LogP contribution in [0.15, 0.2) is 29.3 Å². The largest absolute Gasteiger partial charge is 0.494 e. The Bertz CT molecular complexity index is 650. The van der Waals surface area contributed by atoms with E-state index in [0.717, 1.165) is 17.9 Å². The molecule has 1 fully saturated rings. The Balaban J connectivity index is 0.00000288. The van der Waals surface area contributed by atoms with Gasteiger partial charge in [0, 0.05) is 12.6 Å². The molecule has 0 bridgehead atoms. The molecule has 2 N–H and O–H groups in total. The van der Waals surface area contributed by atoms with Gasteiger partial charge in [0.15, 0.2) is 15.8 Å².